The van der Waals surface area contributed by atoms with E-state index in [2.05, 4.69) is 0 Å². The van der Waals surface area contributed by atoms with Gasteiger partial charge in [-0.3, -0.25) is 14.4 Å². The van der Waals surface area contributed by atoms with Crippen LogP contribution in [0.5, 0.6) is 0 Å². The van der Waals surface area contributed by atoms with E-state index in [1.54, 1.807) is 6.08 Å². The summed E-state index contributed by atoms with van der Waals surface area (Å²) >= 11 is 0. The fourth-order valence-corrected chi connectivity index (χ4v) is 3.82. The minimum Gasteiger partial charge on any atom is -0.450 e. The Morgan fingerprint density at radius 1 is 1.50 bits per heavy atom. The highest BCUT2D eigenvalue weighted by atomic mass is 16.6. The van der Waals surface area contributed by atoms with Crippen LogP contribution in [0.15, 0.2) is 11.6 Å². The fourth-order valence-electron chi connectivity index (χ4n) is 3.82. The van der Waals surface area contributed by atoms with Gasteiger partial charge < -0.3 is 9.47 Å². The number of ketones is 2. The molecule has 1 aliphatic heterocycles. The molecule has 0 amide bonds. The lowest BCUT2D eigenvalue weighted by atomic mass is 9.59. The second-order valence-corrected chi connectivity index (χ2v) is 5.71. The van der Waals surface area contributed by atoms with E-state index in [0.717, 1.165) is 0 Å². The van der Waals surface area contributed by atoms with Crippen LogP contribution in [0, 0.1) is 11.8 Å². The van der Waals surface area contributed by atoms with Crippen LogP contribution < -0.4 is 0 Å². The molecule has 3 aliphatic carbocycles. The lowest BCUT2D eigenvalue weighted by molar-refractivity contribution is -0.176. The normalized spacial score (nSPS) is 39.1. The Morgan fingerprint density at radius 3 is 2.80 bits per heavy atom. The molecule has 0 aromatic carbocycles. The third kappa shape index (κ3) is 1.69. The second kappa shape index (κ2) is 4.52. The Bertz CT molecular complexity index is 520. The molecule has 20 heavy (non-hydrogen) atoms. The average Bonchev–Trinajstić information content (AvgIpc) is 2.79. The summed E-state index contributed by atoms with van der Waals surface area (Å²) in [5.41, 5.74) is -0.481. The van der Waals surface area contributed by atoms with Crippen molar-refractivity contribution < 1.29 is 23.9 Å². The fraction of sp³-hybridized carbons (Fsp3) is 0.667. The Hall–Kier alpha value is -1.49. The summed E-state index contributed by atoms with van der Waals surface area (Å²) in [6.07, 6.45) is 2.74. The first kappa shape index (κ1) is 13.5. The van der Waals surface area contributed by atoms with Gasteiger partial charge in [0.2, 0.25) is 0 Å². The van der Waals surface area contributed by atoms with Crippen molar-refractivity contribution in [1.29, 1.82) is 0 Å². The largest absolute Gasteiger partial charge is 0.450 e. The third-order valence-electron chi connectivity index (χ3n) is 4.67. The van der Waals surface area contributed by atoms with Crippen LogP contribution in [0.2, 0.25) is 0 Å². The molecule has 0 aromatic rings. The molecule has 4 rings (SSSR count). The maximum atomic E-state index is 12.7. The highest BCUT2D eigenvalue weighted by Gasteiger charge is 2.63. The van der Waals surface area contributed by atoms with E-state index < -0.39 is 11.5 Å². The number of carbonyl (C=O) groups excluding carboxylic acids is 3. The molecule has 108 valence electrons. The molecule has 1 heterocycles. The first-order valence-corrected chi connectivity index (χ1v) is 7.10. The minimum atomic E-state index is -1.11. The molecule has 1 saturated carbocycles. The summed E-state index contributed by atoms with van der Waals surface area (Å²) in [5, 5.41) is 0. The molecule has 1 spiro atoms. The molecule has 5 heteroatoms. The van der Waals surface area contributed by atoms with E-state index in [1.165, 1.54) is 6.92 Å². The molecule has 0 radical (unpaired) electrons. The number of fused-ring (bicyclic) bond motifs is 1. The quantitative estimate of drug-likeness (QED) is 0.726. The van der Waals surface area contributed by atoms with Gasteiger partial charge in [-0.1, -0.05) is 6.08 Å². The molecule has 2 bridgehead atoms. The number of hydrogen-bond donors (Lipinski definition) is 0. The number of ether oxygens (including phenoxy) is 2. The van der Waals surface area contributed by atoms with Gasteiger partial charge in [0.15, 0.2) is 17.2 Å². The zero-order valence-corrected chi connectivity index (χ0v) is 11.7. The van der Waals surface area contributed by atoms with Crippen molar-refractivity contribution in [2.75, 3.05) is 6.61 Å². The average molecular weight is 278 g/mol. The minimum absolute atomic E-state index is 0.0511. The van der Waals surface area contributed by atoms with Gasteiger partial charge in [0.05, 0.1) is 12.0 Å². The van der Waals surface area contributed by atoms with E-state index in [4.69, 9.17) is 9.47 Å². The van der Waals surface area contributed by atoms with Crippen molar-refractivity contribution in [1.82, 2.24) is 0 Å². The number of Topliss-reactive ketones (excluding diaryl/α,β-unsaturated/α-hetero) is 2. The first-order valence-electron chi connectivity index (χ1n) is 7.10. The van der Waals surface area contributed by atoms with Crippen molar-refractivity contribution in [3.63, 3.8) is 0 Å². The molecular weight excluding hydrogens is 260 g/mol. The van der Waals surface area contributed by atoms with Crippen LogP contribution in [-0.4, -0.2) is 35.8 Å². The second-order valence-electron chi connectivity index (χ2n) is 5.71. The van der Waals surface area contributed by atoms with Crippen molar-refractivity contribution in [3.05, 3.63) is 11.6 Å². The lowest BCUT2D eigenvalue weighted by Gasteiger charge is -2.48. The Balaban J connectivity index is 2.03. The third-order valence-corrected chi connectivity index (χ3v) is 4.67. The first-order chi connectivity index (χ1) is 9.49. The van der Waals surface area contributed by atoms with Crippen LogP contribution in [0.3, 0.4) is 0 Å². The van der Waals surface area contributed by atoms with E-state index in [0.29, 0.717) is 25.0 Å². The van der Waals surface area contributed by atoms with E-state index >= 15 is 0 Å². The van der Waals surface area contributed by atoms with Crippen LogP contribution >= 0.6 is 0 Å². The predicted molar refractivity (Wildman–Crippen MR) is 68.8 cm³/mol. The van der Waals surface area contributed by atoms with E-state index in [9.17, 15) is 14.4 Å². The van der Waals surface area contributed by atoms with Gasteiger partial charge in [0, 0.05) is 25.4 Å². The van der Waals surface area contributed by atoms with Gasteiger partial charge in [-0.2, -0.15) is 0 Å². The molecule has 0 unspecified atom stereocenters. The molecule has 0 aromatic heterocycles. The van der Waals surface area contributed by atoms with Crippen LogP contribution in [0.1, 0.15) is 33.1 Å². The highest BCUT2D eigenvalue weighted by Crippen LogP contribution is 2.52. The molecule has 0 N–H and O–H groups in total. The van der Waals surface area contributed by atoms with Crippen molar-refractivity contribution in [2.24, 2.45) is 11.8 Å². The summed E-state index contributed by atoms with van der Waals surface area (Å²) in [7, 11) is 0. The van der Waals surface area contributed by atoms with Gasteiger partial charge in [-0.15, -0.1) is 0 Å². The van der Waals surface area contributed by atoms with E-state index in [-0.39, 0.29) is 36.0 Å². The zero-order valence-electron chi connectivity index (χ0n) is 11.7. The number of rotatable bonds is 3. The summed E-state index contributed by atoms with van der Waals surface area (Å²) in [6, 6.07) is 0. The Morgan fingerprint density at radius 2 is 2.25 bits per heavy atom. The Kier molecular flexibility index (Phi) is 3.05. The van der Waals surface area contributed by atoms with Gasteiger partial charge in [-0.05, 0) is 25.8 Å². The monoisotopic (exact) mass is 278 g/mol. The predicted octanol–water partition coefficient (Wildman–Crippen LogP) is 1.20. The molecular formula is C15H18O5. The number of esters is 1. The standard InChI is InChI=1S/C15H18O5/c1-3-19-12-7-11-9(8(2)16)6-10(12)14(18)15(11)5-4-13(17)20-15/h6,10-12H,3-5,7H2,1-2H3/t10-,11-,12-,15-/m1/s1. The number of hydrogen-bond acceptors (Lipinski definition) is 5. The van der Waals surface area contributed by atoms with Gasteiger partial charge in [0.25, 0.3) is 0 Å². The van der Waals surface area contributed by atoms with Crippen molar-refractivity contribution in [3.8, 4) is 0 Å². The van der Waals surface area contributed by atoms with Crippen molar-refractivity contribution in [2.45, 2.75) is 44.8 Å². The van der Waals surface area contributed by atoms with Crippen LogP contribution in [0.4, 0.5) is 0 Å². The maximum absolute atomic E-state index is 12.7. The van der Waals surface area contributed by atoms with Gasteiger partial charge in [0.1, 0.15) is 0 Å². The van der Waals surface area contributed by atoms with Crippen LogP contribution in [-0.2, 0) is 23.9 Å². The molecule has 1 saturated heterocycles. The summed E-state index contributed by atoms with van der Waals surface area (Å²) < 4.78 is 11.0. The summed E-state index contributed by atoms with van der Waals surface area (Å²) in [4.78, 5) is 36.0. The lowest BCUT2D eigenvalue weighted by Crippen LogP contribution is -2.60. The molecule has 4 atom stereocenters. The van der Waals surface area contributed by atoms with Crippen LogP contribution in [0.25, 0.3) is 0 Å². The Labute approximate surface area is 117 Å². The summed E-state index contributed by atoms with van der Waals surface area (Å²) in [6.45, 7) is 3.90. The smallest absolute Gasteiger partial charge is 0.306 e. The maximum Gasteiger partial charge on any atom is 0.306 e. The van der Waals surface area contributed by atoms with E-state index in [1.807, 2.05) is 6.92 Å². The number of carbonyl (C=O) groups is 3. The zero-order chi connectivity index (χ0) is 14.5. The molecule has 5 nitrogen and oxygen atoms in total. The van der Waals surface area contributed by atoms with Crippen molar-refractivity contribution >= 4 is 17.5 Å². The SMILES string of the molecule is CCO[C@@H]1C[C@@H]2C(C(C)=O)=C[C@H]1C(=O)[C@@]21CCC(=O)O1. The van der Waals surface area contributed by atoms with Gasteiger partial charge in [-0.25, -0.2) is 0 Å². The van der Waals surface area contributed by atoms with Gasteiger partial charge >= 0.3 is 5.97 Å². The summed E-state index contributed by atoms with van der Waals surface area (Å²) in [5.74, 6) is -1.31. The topological polar surface area (TPSA) is 69.7 Å². The molecule has 2 fully saturated rings. The highest BCUT2D eigenvalue weighted by molar-refractivity contribution is 6.04. The molecule has 4 aliphatic rings.